The Bertz CT molecular complexity index is 599. The molecular formula is C18H19N2O. The first-order valence-electron chi connectivity index (χ1n) is 7.31. The second-order valence-corrected chi connectivity index (χ2v) is 5.40. The predicted molar refractivity (Wildman–Crippen MR) is 84.6 cm³/mol. The molecular weight excluding hydrogens is 260 g/mol. The third-order valence-electron chi connectivity index (χ3n) is 3.93. The highest BCUT2D eigenvalue weighted by atomic mass is 16.2. The van der Waals surface area contributed by atoms with E-state index in [0.717, 1.165) is 31.7 Å². The van der Waals surface area contributed by atoms with Gasteiger partial charge in [0.2, 0.25) is 0 Å². The molecule has 1 fully saturated rings. The van der Waals surface area contributed by atoms with Crippen LogP contribution in [0.25, 0.3) is 0 Å². The molecule has 1 aliphatic rings. The second kappa shape index (κ2) is 6.00. The van der Waals surface area contributed by atoms with Gasteiger partial charge in [0.25, 0.3) is 5.91 Å². The maximum absolute atomic E-state index is 12.5. The van der Waals surface area contributed by atoms with Crippen molar-refractivity contribution >= 4 is 11.6 Å². The Morgan fingerprint density at radius 3 is 2.19 bits per heavy atom. The predicted octanol–water partition coefficient (Wildman–Crippen LogP) is 2.76. The highest BCUT2D eigenvalue weighted by molar-refractivity contribution is 5.94. The summed E-state index contributed by atoms with van der Waals surface area (Å²) in [5.41, 5.74) is 3.16. The summed E-state index contributed by atoms with van der Waals surface area (Å²) >= 11 is 0. The molecule has 0 spiro atoms. The summed E-state index contributed by atoms with van der Waals surface area (Å²) in [7, 11) is 0. The average molecular weight is 279 g/mol. The van der Waals surface area contributed by atoms with E-state index in [4.69, 9.17) is 0 Å². The molecule has 1 saturated heterocycles. The van der Waals surface area contributed by atoms with Crippen LogP contribution in [0.2, 0.25) is 0 Å². The van der Waals surface area contributed by atoms with Crippen molar-refractivity contribution in [2.24, 2.45) is 0 Å². The largest absolute Gasteiger partial charge is 0.368 e. The van der Waals surface area contributed by atoms with Gasteiger partial charge in [-0.3, -0.25) is 4.79 Å². The lowest BCUT2D eigenvalue weighted by molar-refractivity contribution is 0.0747. The normalized spacial score (nSPS) is 15.1. The molecule has 3 heteroatoms. The highest BCUT2D eigenvalue weighted by Gasteiger charge is 2.22. The number of hydrogen-bond acceptors (Lipinski definition) is 2. The number of benzene rings is 2. The van der Waals surface area contributed by atoms with Crippen LogP contribution in [0.1, 0.15) is 15.9 Å². The molecule has 1 aliphatic heterocycles. The summed E-state index contributed by atoms with van der Waals surface area (Å²) < 4.78 is 0. The number of anilines is 1. The van der Waals surface area contributed by atoms with E-state index in [1.807, 2.05) is 48.2 Å². The minimum absolute atomic E-state index is 0.135. The molecule has 107 valence electrons. The number of carbonyl (C=O) groups is 1. The van der Waals surface area contributed by atoms with Crippen molar-refractivity contribution in [2.45, 2.75) is 6.92 Å². The number of carbonyl (C=O) groups excluding carboxylic acids is 1. The van der Waals surface area contributed by atoms with E-state index in [1.165, 1.54) is 11.3 Å². The van der Waals surface area contributed by atoms with Gasteiger partial charge in [-0.2, -0.15) is 0 Å². The molecule has 0 unspecified atom stereocenters. The third-order valence-corrected chi connectivity index (χ3v) is 3.93. The van der Waals surface area contributed by atoms with Crippen LogP contribution in [0.5, 0.6) is 0 Å². The minimum Gasteiger partial charge on any atom is -0.368 e. The van der Waals surface area contributed by atoms with Crippen molar-refractivity contribution in [3.05, 3.63) is 65.7 Å². The number of aryl methyl sites for hydroxylation is 1. The van der Waals surface area contributed by atoms with E-state index >= 15 is 0 Å². The van der Waals surface area contributed by atoms with E-state index in [0.29, 0.717) is 0 Å². The maximum Gasteiger partial charge on any atom is 0.253 e. The van der Waals surface area contributed by atoms with Crippen LogP contribution in [0.15, 0.2) is 48.5 Å². The van der Waals surface area contributed by atoms with Crippen molar-refractivity contribution in [2.75, 3.05) is 31.1 Å². The number of piperazine rings is 1. The monoisotopic (exact) mass is 279 g/mol. The van der Waals surface area contributed by atoms with Crippen LogP contribution in [-0.2, 0) is 0 Å². The molecule has 21 heavy (non-hydrogen) atoms. The van der Waals surface area contributed by atoms with Crippen LogP contribution < -0.4 is 4.90 Å². The molecule has 0 bridgehead atoms. The molecule has 0 aromatic heterocycles. The van der Waals surface area contributed by atoms with Crippen molar-refractivity contribution in [3.8, 4) is 0 Å². The highest BCUT2D eigenvalue weighted by Crippen LogP contribution is 2.16. The first kappa shape index (κ1) is 13.7. The zero-order valence-electron chi connectivity index (χ0n) is 12.2. The molecule has 0 atom stereocenters. The topological polar surface area (TPSA) is 23.6 Å². The zero-order chi connectivity index (χ0) is 14.7. The van der Waals surface area contributed by atoms with Gasteiger partial charge in [-0.05, 0) is 37.3 Å². The summed E-state index contributed by atoms with van der Waals surface area (Å²) in [6, 6.07) is 18.8. The Morgan fingerprint density at radius 2 is 1.57 bits per heavy atom. The maximum atomic E-state index is 12.5. The van der Waals surface area contributed by atoms with Gasteiger partial charge < -0.3 is 9.80 Å². The molecule has 0 aliphatic carbocycles. The fourth-order valence-electron chi connectivity index (χ4n) is 2.64. The summed E-state index contributed by atoms with van der Waals surface area (Å²) in [5.74, 6) is 0.135. The zero-order valence-corrected chi connectivity index (χ0v) is 12.2. The third kappa shape index (κ3) is 3.07. The van der Waals surface area contributed by atoms with Gasteiger partial charge in [0.05, 0.1) is 0 Å². The lowest BCUT2D eigenvalue weighted by atomic mass is 10.1. The van der Waals surface area contributed by atoms with Gasteiger partial charge in [0.15, 0.2) is 0 Å². The first-order valence-corrected chi connectivity index (χ1v) is 7.31. The summed E-state index contributed by atoms with van der Waals surface area (Å²) in [4.78, 5) is 16.7. The van der Waals surface area contributed by atoms with E-state index in [1.54, 1.807) is 0 Å². The molecule has 1 radical (unpaired) electrons. The summed E-state index contributed by atoms with van der Waals surface area (Å²) in [6.45, 7) is 5.32. The molecule has 0 saturated carbocycles. The number of amides is 1. The van der Waals surface area contributed by atoms with Crippen LogP contribution in [0.4, 0.5) is 5.69 Å². The van der Waals surface area contributed by atoms with Crippen molar-refractivity contribution in [1.82, 2.24) is 4.90 Å². The van der Waals surface area contributed by atoms with Gasteiger partial charge in [0, 0.05) is 37.4 Å². The fraction of sp³-hybridized carbons (Fsp3) is 0.278. The van der Waals surface area contributed by atoms with Gasteiger partial charge in [-0.1, -0.05) is 29.8 Å². The van der Waals surface area contributed by atoms with E-state index in [9.17, 15) is 4.79 Å². The molecule has 3 rings (SSSR count). The van der Waals surface area contributed by atoms with E-state index in [-0.39, 0.29) is 5.91 Å². The van der Waals surface area contributed by atoms with Crippen LogP contribution in [0.3, 0.4) is 0 Å². The standard InChI is InChI=1S/C18H19N2O/c1-15-7-9-16(10-8-15)18(21)20-13-11-19(12-14-20)17-5-3-2-4-6-17/h3-10H,11-14H2,1H3. The number of hydrogen-bond donors (Lipinski definition) is 0. The second-order valence-electron chi connectivity index (χ2n) is 5.40. The Hall–Kier alpha value is -2.29. The molecule has 1 heterocycles. The Morgan fingerprint density at radius 1 is 0.952 bits per heavy atom. The van der Waals surface area contributed by atoms with Crippen molar-refractivity contribution < 1.29 is 4.79 Å². The van der Waals surface area contributed by atoms with E-state index < -0.39 is 0 Å². The molecule has 2 aromatic rings. The van der Waals surface area contributed by atoms with Crippen molar-refractivity contribution in [3.63, 3.8) is 0 Å². The van der Waals surface area contributed by atoms with Crippen LogP contribution in [0, 0.1) is 13.0 Å². The molecule has 3 nitrogen and oxygen atoms in total. The van der Waals surface area contributed by atoms with Gasteiger partial charge >= 0.3 is 0 Å². The fourth-order valence-corrected chi connectivity index (χ4v) is 2.64. The van der Waals surface area contributed by atoms with Gasteiger partial charge in [0.1, 0.15) is 0 Å². The van der Waals surface area contributed by atoms with Gasteiger partial charge in [-0.15, -0.1) is 0 Å². The number of rotatable bonds is 2. The lowest BCUT2D eigenvalue weighted by Gasteiger charge is -2.36. The van der Waals surface area contributed by atoms with Crippen LogP contribution in [-0.4, -0.2) is 37.0 Å². The minimum atomic E-state index is 0.135. The smallest absolute Gasteiger partial charge is 0.253 e. The quantitative estimate of drug-likeness (QED) is 0.844. The summed E-state index contributed by atoms with van der Waals surface area (Å²) in [5, 5.41) is 0. The average Bonchev–Trinajstić information content (AvgIpc) is 2.56. The van der Waals surface area contributed by atoms with Crippen LogP contribution >= 0.6 is 0 Å². The molecule has 1 amide bonds. The van der Waals surface area contributed by atoms with E-state index in [2.05, 4.69) is 23.1 Å². The Balaban J connectivity index is 1.63. The first-order chi connectivity index (χ1) is 10.2. The number of nitrogens with zero attached hydrogens (tertiary/aromatic N) is 2. The summed E-state index contributed by atoms with van der Waals surface area (Å²) in [6.07, 6.45) is 0. The van der Waals surface area contributed by atoms with Gasteiger partial charge in [-0.25, -0.2) is 0 Å². The Labute approximate surface area is 125 Å². The SMILES string of the molecule is Cc1ccc(C(=O)N2CCN(c3cc[c]cc3)CC2)cc1. The molecule has 0 N–H and O–H groups in total. The lowest BCUT2D eigenvalue weighted by Crippen LogP contribution is -2.48. The Kier molecular flexibility index (Phi) is 3.91. The van der Waals surface area contributed by atoms with Crippen molar-refractivity contribution in [1.29, 1.82) is 0 Å². The molecule has 2 aromatic carbocycles.